The molecule has 3 aromatic rings. The Bertz CT molecular complexity index is 1040. The highest BCUT2D eigenvalue weighted by atomic mass is 32.2. The molecule has 0 spiro atoms. The molecular formula is C21H23F3N6OS. The SMILES string of the molecule is CN(C)CCCn1c(SCC(=O)Nc2ccccc2C(F)(F)F)nnc1-c1ccncc1. The van der Waals surface area contributed by atoms with Gasteiger partial charge in [0.25, 0.3) is 0 Å². The van der Waals surface area contributed by atoms with Gasteiger partial charge in [0.2, 0.25) is 5.91 Å². The second kappa shape index (κ2) is 10.6. The molecule has 32 heavy (non-hydrogen) atoms. The van der Waals surface area contributed by atoms with Crippen LogP contribution in [0.15, 0.2) is 53.9 Å². The van der Waals surface area contributed by atoms with E-state index in [1.165, 1.54) is 18.2 Å². The molecule has 0 saturated carbocycles. The zero-order valence-corrected chi connectivity index (χ0v) is 18.5. The van der Waals surface area contributed by atoms with Crippen LogP contribution in [0.5, 0.6) is 0 Å². The fourth-order valence-corrected chi connectivity index (χ4v) is 3.78. The maximum Gasteiger partial charge on any atom is 0.418 e. The van der Waals surface area contributed by atoms with Gasteiger partial charge < -0.3 is 14.8 Å². The third-order valence-electron chi connectivity index (χ3n) is 4.48. The number of carbonyl (C=O) groups is 1. The van der Waals surface area contributed by atoms with Gasteiger partial charge in [-0.1, -0.05) is 23.9 Å². The molecule has 11 heteroatoms. The van der Waals surface area contributed by atoms with Crippen molar-refractivity contribution in [3.63, 3.8) is 0 Å². The topological polar surface area (TPSA) is 75.9 Å². The Labute approximate surface area is 188 Å². The molecule has 0 unspecified atom stereocenters. The molecule has 170 valence electrons. The first-order valence-corrected chi connectivity index (χ1v) is 10.8. The van der Waals surface area contributed by atoms with E-state index in [1.54, 1.807) is 12.4 Å². The number of benzene rings is 1. The van der Waals surface area contributed by atoms with Crippen LogP contribution >= 0.6 is 11.8 Å². The van der Waals surface area contributed by atoms with Crippen LogP contribution in [0.4, 0.5) is 18.9 Å². The van der Waals surface area contributed by atoms with Gasteiger partial charge in [0.15, 0.2) is 11.0 Å². The first-order chi connectivity index (χ1) is 15.3. The van der Waals surface area contributed by atoms with Crippen LogP contribution in [0.1, 0.15) is 12.0 Å². The molecule has 0 bridgehead atoms. The van der Waals surface area contributed by atoms with Crippen LogP contribution in [0.25, 0.3) is 11.4 Å². The molecule has 0 radical (unpaired) electrons. The number of nitrogens with zero attached hydrogens (tertiary/aromatic N) is 5. The lowest BCUT2D eigenvalue weighted by Crippen LogP contribution is -2.18. The minimum absolute atomic E-state index is 0.103. The van der Waals surface area contributed by atoms with Gasteiger partial charge in [-0.15, -0.1) is 10.2 Å². The van der Waals surface area contributed by atoms with Crippen molar-refractivity contribution >= 4 is 23.4 Å². The molecule has 0 aliphatic carbocycles. The number of alkyl halides is 3. The Morgan fingerprint density at radius 3 is 2.53 bits per heavy atom. The molecule has 7 nitrogen and oxygen atoms in total. The molecule has 2 aromatic heterocycles. The van der Waals surface area contributed by atoms with Crippen molar-refractivity contribution in [3.8, 4) is 11.4 Å². The monoisotopic (exact) mass is 464 g/mol. The first-order valence-electron chi connectivity index (χ1n) is 9.83. The van der Waals surface area contributed by atoms with E-state index < -0.39 is 17.6 Å². The van der Waals surface area contributed by atoms with Crippen LogP contribution in [-0.2, 0) is 17.5 Å². The minimum Gasteiger partial charge on any atom is -0.325 e. The van der Waals surface area contributed by atoms with E-state index in [4.69, 9.17) is 0 Å². The molecule has 2 heterocycles. The van der Waals surface area contributed by atoms with Crippen LogP contribution < -0.4 is 5.32 Å². The number of carbonyl (C=O) groups excluding carboxylic acids is 1. The summed E-state index contributed by atoms with van der Waals surface area (Å²) < 4.78 is 41.4. The van der Waals surface area contributed by atoms with Crippen LogP contribution in [0, 0.1) is 0 Å². The lowest BCUT2D eigenvalue weighted by atomic mass is 10.1. The summed E-state index contributed by atoms with van der Waals surface area (Å²) in [6.45, 7) is 1.48. The van der Waals surface area contributed by atoms with E-state index in [-0.39, 0.29) is 11.4 Å². The maximum atomic E-state index is 13.2. The number of thioether (sulfide) groups is 1. The number of nitrogens with one attached hydrogen (secondary N) is 1. The molecule has 1 N–H and O–H groups in total. The largest absolute Gasteiger partial charge is 0.418 e. The number of halogens is 3. The summed E-state index contributed by atoms with van der Waals surface area (Å²) in [6, 6.07) is 8.54. The summed E-state index contributed by atoms with van der Waals surface area (Å²) in [5, 5.41) is 11.3. The van der Waals surface area contributed by atoms with E-state index in [0.29, 0.717) is 17.5 Å². The Kier molecular flexibility index (Phi) is 7.86. The van der Waals surface area contributed by atoms with E-state index in [0.717, 1.165) is 36.4 Å². The summed E-state index contributed by atoms with van der Waals surface area (Å²) in [6.07, 6.45) is -0.399. The van der Waals surface area contributed by atoms with Crippen molar-refractivity contribution in [1.82, 2.24) is 24.6 Å². The Morgan fingerprint density at radius 1 is 1.12 bits per heavy atom. The first kappa shape index (κ1) is 23.7. The lowest BCUT2D eigenvalue weighted by Gasteiger charge is -2.14. The Balaban J connectivity index is 1.73. The quantitative estimate of drug-likeness (QED) is 0.482. The highest BCUT2D eigenvalue weighted by Gasteiger charge is 2.33. The highest BCUT2D eigenvalue weighted by molar-refractivity contribution is 7.99. The highest BCUT2D eigenvalue weighted by Crippen LogP contribution is 2.34. The van der Waals surface area contributed by atoms with Crippen molar-refractivity contribution in [2.75, 3.05) is 31.7 Å². The third kappa shape index (κ3) is 6.30. The number of hydrogen-bond donors (Lipinski definition) is 1. The number of rotatable bonds is 9. The third-order valence-corrected chi connectivity index (χ3v) is 5.45. The Hall–Kier alpha value is -2.92. The van der Waals surface area contributed by atoms with Gasteiger partial charge in [0.1, 0.15) is 0 Å². The normalized spacial score (nSPS) is 11.7. The molecule has 0 aliphatic heterocycles. The molecule has 0 saturated heterocycles. The zero-order chi connectivity index (χ0) is 23.1. The number of anilines is 1. The fraction of sp³-hybridized carbons (Fsp3) is 0.333. The van der Waals surface area contributed by atoms with Gasteiger partial charge >= 0.3 is 6.18 Å². The van der Waals surface area contributed by atoms with E-state index in [1.807, 2.05) is 30.8 Å². The molecule has 0 fully saturated rings. The molecule has 1 aromatic carbocycles. The number of pyridine rings is 1. The average molecular weight is 465 g/mol. The van der Waals surface area contributed by atoms with Gasteiger partial charge in [0.05, 0.1) is 17.0 Å². The minimum atomic E-state index is -4.55. The number of aromatic nitrogens is 4. The smallest absolute Gasteiger partial charge is 0.325 e. The molecule has 0 aliphatic rings. The van der Waals surface area contributed by atoms with Gasteiger partial charge in [-0.05, 0) is 51.3 Å². The van der Waals surface area contributed by atoms with Crippen LogP contribution in [0.3, 0.4) is 0 Å². The van der Waals surface area contributed by atoms with Crippen LogP contribution in [-0.4, -0.2) is 56.9 Å². The predicted octanol–water partition coefficient (Wildman–Crippen LogP) is 4.04. The van der Waals surface area contributed by atoms with Crippen molar-refractivity contribution in [2.24, 2.45) is 0 Å². The zero-order valence-electron chi connectivity index (χ0n) is 17.6. The fourth-order valence-electron chi connectivity index (χ4n) is 3.01. The second-order valence-electron chi connectivity index (χ2n) is 7.23. The Morgan fingerprint density at radius 2 is 1.84 bits per heavy atom. The number of para-hydroxylation sites is 1. The molecule has 1 amide bonds. The molecule has 3 rings (SSSR count). The summed E-state index contributed by atoms with van der Waals surface area (Å²) >= 11 is 1.13. The summed E-state index contributed by atoms with van der Waals surface area (Å²) in [7, 11) is 3.96. The van der Waals surface area contributed by atoms with E-state index in [9.17, 15) is 18.0 Å². The average Bonchev–Trinajstić information content (AvgIpc) is 3.15. The van der Waals surface area contributed by atoms with Crippen LogP contribution in [0.2, 0.25) is 0 Å². The van der Waals surface area contributed by atoms with Crippen molar-refractivity contribution in [3.05, 3.63) is 54.4 Å². The standard InChI is InChI=1S/C21H23F3N6OS/c1-29(2)12-5-13-30-19(15-8-10-25-11-9-15)27-28-20(30)32-14-18(31)26-17-7-4-3-6-16(17)21(22,23)24/h3-4,6-11H,5,12-14H2,1-2H3,(H,26,31). The summed E-state index contributed by atoms with van der Waals surface area (Å²) in [5.74, 6) is -0.00886. The second-order valence-corrected chi connectivity index (χ2v) is 8.17. The van der Waals surface area contributed by atoms with Gasteiger partial charge in [0, 0.05) is 24.5 Å². The maximum absolute atomic E-state index is 13.2. The van der Waals surface area contributed by atoms with Gasteiger partial charge in [-0.25, -0.2) is 0 Å². The van der Waals surface area contributed by atoms with Crippen molar-refractivity contribution in [2.45, 2.75) is 24.3 Å². The lowest BCUT2D eigenvalue weighted by molar-refractivity contribution is -0.137. The summed E-state index contributed by atoms with van der Waals surface area (Å²) in [5.41, 5.74) is -0.312. The summed E-state index contributed by atoms with van der Waals surface area (Å²) in [4.78, 5) is 18.5. The van der Waals surface area contributed by atoms with Gasteiger partial charge in [-0.3, -0.25) is 9.78 Å². The van der Waals surface area contributed by atoms with Crippen molar-refractivity contribution in [1.29, 1.82) is 0 Å². The van der Waals surface area contributed by atoms with Crippen molar-refractivity contribution < 1.29 is 18.0 Å². The molecule has 0 atom stereocenters. The predicted molar refractivity (Wildman–Crippen MR) is 117 cm³/mol. The van der Waals surface area contributed by atoms with E-state index >= 15 is 0 Å². The number of amides is 1. The van der Waals surface area contributed by atoms with E-state index in [2.05, 4.69) is 25.4 Å². The molecular weight excluding hydrogens is 441 g/mol. The van der Waals surface area contributed by atoms with Gasteiger partial charge in [-0.2, -0.15) is 13.2 Å². The number of hydrogen-bond acceptors (Lipinski definition) is 6.